The number of anilines is 1. The van der Waals surface area contributed by atoms with Gasteiger partial charge in [0, 0.05) is 17.7 Å². The van der Waals surface area contributed by atoms with Crippen LogP contribution in [-0.2, 0) is 0 Å². The van der Waals surface area contributed by atoms with E-state index in [9.17, 15) is 22.4 Å². The number of carbonyl (C=O) groups excluding carboxylic acids is 1. The maximum Gasteiger partial charge on any atom is 0.429 e. The third kappa shape index (κ3) is 6.26. The predicted molar refractivity (Wildman–Crippen MR) is 122 cm³/mol. The second-order valence-corrected chi connectivity index (χ2v) is 7.56. The quantitative estimate of drug-likeness (QED) is 0.289. The summed E-state index contributed by atoms with van der Waals surface area (Å²) in [7, 11) is 0. The van der Waals surface area contributed by atoms with E-state index in [0.717, 1.165) is 0 Å². The number of alkyl halides is 3. The molecule has 3 aromatic rings. The molecule has 0 radical (unpaired) electrons. The summed E-state index contributed by atoms with van der Waals surface area (Å²) >= 11 is 6.09. The molecule has 9 heteroatoms. The summed E-state index contributed by atoms with van der Waals surface area (Å²) < 4.78 is 52.2. The molecule has 0 heterocycles. The van der Waals surface area contributed by atoms with E-state index in [1.807, 2.05) is 0 Å². The summed E-state index contributed by atoms with van der Waals surface area (Å²) in [6, 6.07) is 16.1. The highest BCUT2D eigenvalue weighted by Gasteiger charge is 2.35. The fourth-order valence-corrected chi connectivity index (χ4v) is 3.12. The molecule has 0 unspecified atom stereocenters. The number of aliphatic imine (C=N–C) groups is 1. The number of hydrogen-bond acceptors (Lipinski definition) is 3. The molecular formula is C24H18ClF4N3O. The molecule has 3 aromatic carbocycles. The zero-order valence-corrected chi connectivity index (χ0v) is 18.1. The number of carbonyl (C=O) groups is 1. The highest BCUT2D eigenvalue weighted by atomic mass is 35.5. The van der Waals surface area contributed by atoms with Crippen molar-refractivity contribution in [2.24, 2.45) is 4.99 Å². The van der Waals surface area contributed by atoms with E-state index in [-0.39, 0.29) is 22.0 Å². The Bertz CT molecular complexity index is 1220. The van der Waals surface area contributed by atoms with Gasteiger partial charge in [0.15, 0.2) is 0 Å². The van der Waals surface area contributed by atoms with E-state index in [1.165, 1.54) is 42.5 Å². The Balaban J connectivity index is 1.89. The molecule has 0 saturated carbocycles. The number of benzene rings is 3. The van der Waals surface area contributed by atoms with Crippen molar-refractivity contribution in [2.45, 2.75) is 19.5 Å². The Morgan fingerprint density at radius 3 is 2.27 bits per heavy atom. The minimum absolute atomic E-state index is 0.0215. The number of nitrogens with zero attached hydrogens (tertiary/aromatic N) is 1. The number of amides is 1. The lowest BCUT2D eigenvalue weighted by Gasteiger charge is -2.13. The fourth-order valence-electron chi connectivity index (χ4n) is 2.94. The minimum Gasteiger partial charge on any atom is -0.322 e. The van der Waals surface area contributed by atoms with E-state index < -0.39 is 30.0 Å². The number of para-hydroxylation sites is 1. The van der Waals surface area contributed by atoms with Gasteiger partial charge < -0.3 is 10.7 Å². The second kappa shape index (κ2) is 9.95. The molecule has 1 amide bonds. The largest absolute Gasteiger partial charge is 0.429 e. The monoisotopic (exact) mass is 475 g/mol. The summed E-state index contributed by atoms with van der Waals surface area (Å²) in [6.45, 7) is 1.65. The van der Waals surface area contributed by atoms with Gasteiger partial charge in [0.05, 0.1) is 16.4 Å². The molecule has 33 heavy (non-hydrogen) atoms. The van der Waals surface area contributed by atoms with Crippen molar-refractivity contribution in [3.63, 3.8) is 0 Å². The van der Waals surface area contributed by atoms with Crippen LogP contribution in [0.5, 0.6) is 0 Å². The molecule has 3 rings (SSSR count). The molecule has 0 atom stereocenters. The predicted octanol–water partition coefficient (Wildman–Crippen LogP) is 7.13. The Morgan fingerprint density at radius 1 is 1.03 bits per heavy atom. The maximum absolute atomic E-state index is 13.3. The van der Waals surface area contributed by atoms with Crippen LogP contribution in [0.3, 0.4) is 0 Å². The van der Waals surface area contributed by atoms with Gasteiger partial charge in [-0.05, 0) is 60.5 Å². The van der Waals surface area contributed by atoms with Crippen LogP contribution in [0.2, 0.25) is 5.02 Å². The summed E-state index contributed by atoms with van der Waals surface area (Å²) in [4.78, 5) is 16.8. The molecule has 0 aromatic heterocycles. The van der Waals surface area contributed by atoms with Gasteiger partial charge in [-0.25, -0.2) is 4.39 Å². The van der Waals surface area contributed by atoms with Crippen molar-refractivity contribution < 1.29 is 22.4 Å². The van der Waals surface area contributed by atoms with Crippen LogP contribution in [0, 0.1) is 18.2 Å². The van der Waals surface area contributed by atoms with Gasteiger partial charge in [-0.2, -0.15) is 13.2 Å². The van der Waals surface area contributed by atoms with E-state index >= 15 is 0 Å². The molecule has 0 saturated heterocycles. The smallest absolute Gasteiger partial charge is 0.322 e. The molecule has 2 N–H and O–H groups in total. The average molecular weight is 476 g/mol. The van der Waals surface area contributed by atoms with Crippen molar-refractivity contribution in [2.75, 3.05) is 5.32 Å². The third-order valence-electron chi connectivity index (χ3n) is 4.71. The number of hydrogen-bond donors (Lipinski definition) is 2. The molecular weight excluding hydrogens is 458 g/mol. The standard InChI is InChI=1S/C24H18ClF4N3O/c1-14-12-17(26)10-11-19(14)32-23(33)16-8-6-15(7-9-16)21(13-22(30)24(27,28)29)31-20-5-3-2-4-18(20)25/h2-12,30H,13H2,1H3,(H,32,33). The summed E-state index contributed by atoms with van der Waals surface area (Å²) in [5.74, 6) is -0.895. The van der Waals surface area contributed by atoms with Gasteiger partial charge in [-0.15, -0.1) is 0 Å². The number of nitrogens with one attached hydrogen (secondary N) is 2. The normalized spacial score (nSPS) is 11.9. The lowest BCUT2D eigenvalue weighted by atomic mass is 10.0. The number of aryl methyl sites for hydroxylation is 1. The first kappa shape index (κ1) is 24.1. The van der Waals surface area contributed by atoms with Crippen molar-refractivity contribution in [3.8, 4) is 0 Å². The van der Waals surface area contributed by atoms with Crippen molar-refractivity contribution in [1.29, 1.82) is 5.41 Å². The Kier molecular flexibility index (Phi) is 7.28. The van der Waals surface area contributed by atoms with Crippen LogP contribution in [0.15, 0.2) is 71.7 Å². The van der Waals surface area contributed by atoms with Crippen LogP contribution in [0.4, 0.5) is 28.9 Å². The summed E-state index contributed by atoms with van der Waals surface area (Å²) in [5, 5.41) is 10.3. The molecule has 0 fully saturated rings. The minimum atomic E-state index is -4.80. The molecule has 170 valence electrons. The molecule has 0 aliphatic rings. The van der Waals surface area contributed by atoms with Gasteiger partial charge in [-0.3, -0.25) is 9.79 Å². The van der Waals surface area contributed by atoms with Crippen molar-refractivity contribution in [1.82, 2.24) is 0 Å². The highest BCUT2D eigenvalue weighted by molar-refractivity contribution is 6.33. The van der Waals surface area contributed by atoms with Crippen LogP contribution >= 0.6 is 11.6 Å². The van der Waals surface area contributed by atoms with E-state index in [2.05, 4.69) is 10.3 Å². The zero-order valence-electron chi connectivity index (χ0n) is 17.3. The fraction of sp³-hybridized carbons (Fsp3) is 0.125. The van der Waals surface area contributed by atoms with Gasteiger partial charge in [0.1, 0.15) is 11.5 Å². The first-order valence-corrected chi connectivity index (χ1v) is 10.1. The topological polar surface area (TPSA) is 65.3 Å². The average Bonchev–Trinajstić information content (AvgIpc) is 2.76. The van der Waals surface area contributed by atoms with Gasteiger partial charge in [0.25, 0.3) is 5.91 Å². The lowest BCUT2D eigenvalue weighted by molar-refractivity contribution is -0.0605. The molecule has 0 bridgehead atoms. The maximum atomic E-state index is 13.3. The molecule has 0 aliphatic heterocycles. The highest BCUT2D eigenvalue weighted by Crippen LogP contribution is 2.27. The summed E-state index contributed by atoms with van der Waals surface area (Å²) in [6.07, 6.45) is -5.57. The molecule has 4 nitrogen and oxygen atoms in total. The number of rotatable bonds is 6. The Morgan fingerprint density at radius 2 is 1.67 bits per heavy atom. The molecule has 0 aliphatic carbocycles. The number of halogens is 5. The molecule has 0 spiro atoms. The summed E-state index contributed by atoms with van der Waals surface area (Å²) in [5.41, 5.74) is 0.306. The van der Waals surface area contributed by atoms with E-state index in [0.29, 0.717) is 16.8 Å². The first-order valence-electron chi connectivity index (χ1n) is 9.69. The van der Waals surface area contributed by atoms with Gasteiger partial charge in [-0.1, -0.05) is 35.9 Å². The lowest BCUT2D eigenvalue weighted by Crippen LogP contribution is -2.25. The Labute approximate surface area is 192 Å². The van der Waals surface area contributed by atoms with Crippen LogP contribution in [0.25, 0.3) is 0 Å². The van der Waals surface area contributed by atoms with E-state index in [1.54, 1.807) is 31.2 Å². The van der Waals surface area contributed by atoms with Crippen LogP contribution in [-0.4, -0.2) is 23.5 Å². The van der Waals surface area contributed by atoms with Crippen LogP contribution < -0.4 is 5.32 Å². The first-order chi connectivity index (χ1) is 15.5. The SMILES string of the molecule is Cc1cc(F)ccc1NC(=O)c1ccc(C(CC(=N)C(F)(F)F)=Nc2ccccc2Cl)cc1. The van der Waals surface area contributed by atoms with E-state index in [4.69, 9.17) is 17.0 Å². The van der Waals surface area contributed by atoms with Crippen molar-refractivity contribution >= 4 is 40.3 Å². The second-order valence-electron chi connectivity index (χ2n) is 7.15. The zero-order chi connectivity index (χ0) is 24.2. The van der Waals surface area contributed by atoms with Gasteiger partial charge in [0.2, 0.25) is 0 Å². The Hall–Kier alpha value is -3.52. The van der Waals surface area contributed by atoms with Gasteiger partial charge >= 0.3 is 6.18 Å². The third-order valence-corrected chi connectivity index (χ3v) is 5.03. The van der Waals surface area contributed by atoms with Crippen molar-refractivity contribution in [3.05, 3.63) is 94.3 Å². The van der Waals surface area contributed by atoms with Crippen LogP contribution in [0.1, 0.15) is 27.9 Å².